The standard InChI is InChI=1S/C11H19N3S/c1-4-6-7-15-11-9(5-2)10(12-3)13-8-14-11/h8H,4-7H2,1-3H3,(H,12,13,14). The molecule has 0 radical (unpaired) electrons. The molecule has 1 rings (SSSR count). The zero-order chi connectivity index (χ0) is 11.1. The third-order valence-electron chi connectivity index (χ3n) is 2.23. The highest BCUT2D eigenvalue weighted by atomic mass is 32.2. The Morgan fingerprint density at radius 2 is 2.13 bits per heavy atom. The van der Waals surface area contributed by atoms with Crippen LogP contribution in [-0.2, 0) is 6.42 Å². The van der Waals surface area contributed by atoms with Crippen LogP contribution in [0.15, 0.2) is 11.4 Å². The highest BCUT2D eigenvalue weighted by Crippen LogP contribution is 2.25. The molecule has 0 aliphatic carbocycles. The maximum absolute atomic E-state index is 4.34. The van der Waals surface area contributed by atoms with Gasteiger partial charge in [-0.1, -0.05) is 20.3 Å². The number of anilines is 1. The molecule has 0 aromatic carbocycles. The summed E-state index contributed by atoms with van der Waals surface area (Å²) in [6.07, 6.45) is 5.09. The monoisotopic (exact) mass is 225 g/mol. The van der Waals surface area contributed by atoms with Gasteiger partial charge >= 0.3 is 0 Å². The molecule has 0 atom stereocenters. The van der Waals surface area contributed by atoms with E-state index in [0.29, 0.717) is 0 Å². The normalized spacial score (nSPS) is 10.3. The number of nitrogens with zero attached hydrogens (tertiary/aromatic N) is 2. The minimum Gasteiger partial charge on any atom is -0.373 e. The molecule has 1 N–H and O–H groups in total. The highest BCUT2D eigenvalue weighted by molar-refractivity contribution is 7.99. The molecule has 0 amide bonds. The van der Waals surface area contributed by atoms with Crippen molar-refractivity contribution < 1.29 is 0 Å². The zero-order valence-corrected chi connectivity index (χ0v) is 10.5. The summed E-state index contributed by atoms with van der Waals surface area (Å²) < 4.78 is 0. The van der Waals surface area contributed by atoms with Crippen LogP contribution in [-0.4, -0.2) is 22.8 Å². The van der Waals surface area contributed by atoms with E-state index in [0.717, 1.165) is 23.0 Å². The van der Waals surface area contributed by atoms with E-state index in [1.165, 1.54) is 18.4 Å². The van der Waals surface area contributed by atoms with E-state index in [9.17, 15) is 0 Å². The first kappa shape index (κ1) is 12.3. The Morgan fingerprint density at radius 1 is 1.33 bits per heavy atom. The van der Waals surface area contributed by atoms with E-state index in [1.54, 1.807) is 6.33 Å². The molecule has 0 unspecified atom stereocenters. The number of thioether (sulfide) groups is 1. The molecule has 1 heterocycles. The lowest BCUT2D eigenvalue weighted by molar-refractivity contribution is 0.889. The summed E-state index contributed by atoms with van der Waals surface area (Å²) in [5, 5.41) is 4.24. The van der Waals surface area contributed by atoms with Crippen molar-refractivity contribution in [2.24, 2.45) is 0 Å². The van der Waals surface area contributed by atoms with Crippen LogP contribution >= 0.6 is 11.8 Å². The van der Waals surface area contributed by atoms with E-state index in [1.807, 2.05) is 18.8 Å². The molecule has 0 fully saturated rings. The first-order valence-corrected chi connectivity index (χ1v) is 6.46. The predicted molar refractivity (Wildman–Crippen MR) is 66.6 cm³/mol. The van der Waals surface area contributed by atoms with E-state index in [4.69, 9.17) is 0 Å². The molecular formula is C11H19N3S. The van der Waals surface area contributed by atoms with Crippen LogP contribution in [0.3, 0.4) is 0 Å². The maximum Gasteiger partial charge on any atom is 0.133 e. The van der Waals surface area contributed by atoms with Crippen LogP contribution in [0.2, 0.25) is 0 Å². The second-order valence-electron chi connectivity index (χ2n) is 3.31. The van der Waals surface area contributed by atoms with Gasteiger partial charge in [0.25, 0.3) is 0 Å². The largest absolute Gasteiger partial charge is 0.373 e. The summed E-state index contributed by atoms with van der Waals surface area (Å²) in [6.45, 7) is 4.35. The molecule has 0 bridgehead atoms. The van der Waals surface area contributed by atoms with Gasteiger partial charge in [0, 0.05) is 12.6 Å². The van der Waals surface area contributed by atoms with Crippen molar-refractivity contribution in [3.05, 3.63) is 11.9 Å². The van der Waals surface area contributed by atoms with Gasteiger partial charge in [0.15, 0.2) is 0 Å². The van der Waals surface area contributed by atoms with Crippen molar-refractivity contribution in [2.45, 2.75) is 38.1 Å². The molecule has 0 saturated heterocycles. The second-order valence-corrected chi connectivity index (χ2v) is 4.40. The van der Waals surface area contributed by atoms with Crippen molar-refractivity contribution in [2.75, 3.05) is 18.1 Å². The fourth-order valence-corrected chi connectivity index (χ4v) is 2.53. The van der Waals surface area contributed by atoms with Gasteiger partial charge in [0.05, 0.1) is 0 Å². The van der Waals surface area contributed by atoms with E-state index in [-0.39, 0.29) is 0 Å². The summed E-state index contributed by atoms with van der Waals surface area (Å²) in [4.78, 5) is 8.56. The Kier molecular flexibility index (Phi) is 5.47. The number of rotatable bonds is 6. The van der Waals surface area contributed by atoms with Gasteiger partial charge in [-0.25, -0.2) is 9.97 Å². The summed E-state index contributed by atoms with van der Waals surface area (Å²) >= 11 is 1.83. The van der Waals surface area contributed by atoms with Gasteiger partial charge in [-0.15, -0.1) is 11.8 Å². The van der Waals surface area contributed by atoms with Crippen LogP contribution in [0.1, 0.15) is 32.3 Å². The molecule has 15 heavy (non-hydrogen) atoms. The molecule has 4 heteroatoms. The third-order valence-corrected chi connectivity index (χ3v) is 3.35. The Hall–Kier alpha value is -0.770. The van der Waals surface area contributed by atoms with Crippen molar-refractivity contribution >= 4 is 17.6 Å². The quantitative estimate of drug-likeness (QED) is 0.459. The van der Waals surface area contributed by atoms with Crippen molar-refractivity contribution in [3.8, 4) is 0 Å². The second kappa shape index (κ2) is 6.67. The molecule has 1 aromatic rings. The zero-order valence-electron chi connectivity index (χ0n) is 9.71. The van der Waals surface area contributed by atoms with Gasteiger partial charge in [0.2, 0.25) is 0 Å². The summed E-state index contributed by atoms with van der Waals surface area (Å²) in [7, 11) is 1.90. The lowest BCUT2D eigenvalue weighted by Crippen LogP contribution is -2.01. The average molecular weight is 225 g/mol. The molecule has 0 spiro atoms. The highest BCUT2D eigenvalue weighted by Gasteiger charge is 2.08. The number of aromatic nitrogens is 2. The smallest absolute Gasteiger partial charge is 0.133 e. The molecule has 1 aromatic heterocycles. The van der Waals surface area contributed by atoms with Gasteiger partial charge in [-0.3, -0.25) is 0 Å². The van der Waals surface area contributed by atoms with E-state index >= 15 is 0 Å². The van der Waals surface area contributed by atoms with E-state index < -0.39 is 0 Å². The molecule has 84 valence electrons. The third kappa shape index (κ3) is 3.38. The van der Waals surface area contributed by atoms with Crippen molar-refractivity contribution in [1.82, 2.24) is 9.97 Å². The Balaban J connectivity index is 2.76. The molecule has 0 aliphatic rings. The first-order chi connectivity index (χ1) is 7.33. The number of hydrogen-bond acceptors (Lipinski definition) is 4. The van der Waals surface area contributed by atoms with Gasteiger partial charge < -0.3 is 5.32 Å². The SMILES string of the molecule is CCCCSc1ncnc(NC)c1CC. The minimum absolute atomic E-state index is 0.964. The lowest BCUT2D eigenvalue weighted by atomic mass is 10.2. The molecule has 0 aliphatic heterocycles. The fraction of sp³-hybridized carbons (Fsp3) is 0.636. The molecule has 3 nitrogen and oxygen atoms in total. The Morgan fingerprint density at radius 3 is 2.73 bits per heavy atom. The summed E-state index contributed by atoms with van der Waals surface area (Å²) in [6, 6.07) is 0. The van der Waals surface area contributed by atoms with Gasteiger partial charge in [-0.05, 0) is 18.6 Å². The topological polar surface area (TPSA) is 37.8 Å². The summed E-state index contributed by atoms with van der Waals surface area (Å²) in [5.74, 6) is 2.11. The van der Waals surface area contributed by atoms with Gasteiger partial charge in [-0.2, -0.15) is 0 Å². The average Bonchev–Trinajstić information content (AvgIpc) is 2.29. The van der Waals surface area contributed by atoms with Crippen LogP contribution in [0.4, 0.5) is 5.82 Å². The molecule has 0 saturated carbocycles. The summed E-state index contributed by atoms with van der Waals surface area (Å²) in [5.41, 5.74) is 1.24. The number of hydrogen-bond donors (Lipinski definition) is 1. The maximum atomic E-state index is 4.34. The Labute approximate surface area is 96.1 Å². The Bertz CT molecular complexity index is 302. The number of unbranched alkanes of at least 4 members (excludes halogenated alkanes) is 1. The van der Waals surface area contributed by atoms with Crippen molar-refractivity contribution in [3.63, 3.8) is 0 Å². The minimum atomic E-state index is 0.964. The number of nitrogens with one attached hydrogen (secondary N) is 1. The van der Waals surface area contributed by atoms with E-state index in [2.05, 4.69) is 29.1 Å². The van der Waals surface area contributed by atoms with Crippen LogP contribution in [0, 0.1) is 0 Å². The predicted octanol–water partition coefficient (Wildman–Crippen LogP) is 2.97. The van der Waals surface area contributed by atoms with Crippen LogP contribution < -0.4 is 5.32 Å². The van der Waals surface area contributed by atoms with Crippen LogP contribution in [0.25, 0.3) is 0 Å². The fourth-order valence-electron chi connectivity index (χ4n) is 1.37. The van der Waals surface area contributed by atoms with Crippen molar-refractivity contribution in [1.29, 1.82) is 0 Å². The molecular weight excluding hydrogens is 206 g/mol. The first-order valence-electron chi connectivity index (χ1n) is 5.47. The van der Waals surface area contributed by atoms with Crippen LogP contribution in [0.5, 0.6) is 0 Å². The van der Waals surface area contributed by atoms with Gasteiger partial charge in [0.1, 0.15) is 17.2 Å². The lowest BCUT2D eigenvalue weighted by Gasteiger charge is -2.09.